The lowest BCUT2D eigenvalue weighted by atomic mass is 10.1. The molecular formula is C14H13ClN2O2. The molecule has 4 nitrogen and oxygen atoms in total. The quantitative estimate of drug-likeness (QED) is 0.932. The van der Waals surface area contributed by atoms with E-state index in [1.807, 2.05) is 24.1 Å². The van der Waals surface area contributed by atoms with Crippen LogP contribution in [0.4, 0.5) is 5.69 Å². The minimum Gasteiger partial charge on any atom is -0.478 e. The molecule has 0 atom stereocenters. The molecule has 1 aromatic carbocycles. The van der Waals surface area contributed by atoms with Crippen molar-refractivity contribution >= 4 is 23.3 Å². The van der Waals surface area contributed by atoms with Gasteiger partial charge in [-0.2, -0.15) is 0 Å². The van der Waals surface area contributed by atoms with Crippen LogP contribution in [-0.4, -0.2) is 23.1 Å². The van der Waals surface area contributed by atoms with Gasteiger partial charge in [0.15, 0.2) is 0 Å². The van der Waals surface area contributed by atoms with E-state index in [-0.39, 0.29) is 10.6 Å². The first-order chi connectivity index (χ1) is 9.09. The van der Waals surface area contributed by atoms with Gasteiger partial charge in [-0.15, -0.1) is 0 Å². The number of halogens is 1. The molecule has 98 valence electrons. The predicted molar refractivity (Wildman–Crippen MR) is 74.8 cm³/mol. The van der Waals surface area contributed by atoms with Gasteiger partial charge in [-0.1, -0.05) is 23.7 Å². The smallest absolute Gasteiger partial charge is 0.339 e. The van der Waals surface area contributed by atoms with Crippen LogP contribution in [0.15, 0.2) is 42.7 Å². The summed E-state index contributed by atoms with van der Waals surface area (Å²) in [6, 6.07) is 8.84. The molecule has 5 heteroatoms. The summed E-state index contributed by atoms with van der Waals surface area (Å²) >= 11 is 5.95. The molecule has 0 bridgehead atoms. The number of aromatic carboxylic acids is 1. The van der Waals surface area contributed by atoms with E-state index < -0.39 is 5.97 Å². The van der Waals surface area contributed by atoms with E-state index in [2.05, 4.69) is 4.98 Å². The number of benzene rings is 1. The fourth-order valence-electron chi connectivity index (χ4n) is 1.89. The molecule has 19 heavy (non-hydrogen) atoms. The molecule has 0 aliphatic heterocycles. The first kappa shape index (κ1) is 13.4. The van der Waals surface area contributed by atoms with Crippen LogP contribution < -0.4 is 4.90 Å². The summed E-state index contributed by atoms with van der Waals surface area (Å²) in [5.74, 6) is -1.03. The first-order valence-electron chi connectivity index (χ1n) is 5.71. The van der Waals surface area contributed by atoms with Crippen molar-refractivity contribution < 1.29 is 9.90 Å². The highest BCUT2D eigenvalue weighted by Crippen LogP contribution is 2.27. The lowest BCUT2D eigenvalue weighted by molar-refractivity contribution is 0.0697. The summed E-state index contributed by atoms with van der Waals surface area (Å²) < 4.78 is 0. The molecule has 1 N–H and O–H groups in total. The van der Waals surface area contributed by atoms with Gasteiger partial charge in [0.25, 0.3) is 0 Å². The molecular weight excluding hydrogens is 264 g/mol. The lowest BCUT2D eigenvalue weighted by Crippen LogP contribution is -2.19. The average molecular weight is 277 g/mol. The average Bonchev–Trinajstić information content (AvgIpc) is 2.39. The van der Waals surface area contributed by atoms with Gasteiger partial charge in [0.1, 0.15) is 5.56 Å². The SMILES string of the molecule is CN(Cc1cccnc1)c1cccc(Cl)c1C(=O)O. The fourth-order valence-corrected chi connectivity index (χ4v) is 2.14. The zero-order valence-electron chi connectivity index (χ0n) is 10.4. The Morgan fingerprint density at radius 3 is 2.79 bits per heavy atom. The number of rotatable bonds is 4. The summed E-state index contributed by atoms with van der Waals surface area (Å²) in [6.45, 7) is 0.564. The van der Waals surface area contributed by atoms with E-state index in [0.717, 1.165) is 5.56 Å². The highest BCUT2D eigenvalue weighted by molar-refractivity contribution is 6.34. The minimum atomic E-state index is -1.03. The minimum absolute atomic E-state index is 0.121. The van der Waals surface area contributed by atoms with Crippen molar-refractivity contribution in [3.05, 3.63) is 58.9 Å². The van der Waals surface area contributed by atoms with Gasteiger partial charge in [-0.25, -0.2) is 4.79 Å². The van der Waals surface area contributed by atoms with Crippen molar-refractivity contribution in [2.24, 2.45) is 0 Å². The number of anilines is 1. The Morgan fingerprint density at radius 1 is 1.37 bits per heavy atom. The van der Waals surface area contributed by atoms with Crippen molar-refractivity contribution in [3.63, 3.8) is 0 Å². The van der Waals surface area contributed by atoms with Gasteiger partial charge < -0.3 is 10.0 Å². The lowest BCUT2D eigenvalue weighted by Gasteiger charge is -2.21. The molecule has 0 unspecified atom stereocenters. The predicted octanol–water partition coefficient (Wildman–Crippen LogP) is 3.07. The van der Waals surface area contributed by atoms with Gasteiger partial charge >= 0.3 is 5.97 Å². The third-order valence-electron chi connectivity index (χ3n) is 2.76. The number of hydrogen-bond acceptors (Lipinski definition) is 3. The Hall–Kier alpha value is -2.07. The highest BCUT2D eigenvalue weighted by atomic mass is 35.5. The number of carboxylic acids is 1. The molecule has 1 aromatic heterocycles. The maximum atomic E-state index is 11.3. The molecule has 2 rings (SSSR count). The molecule has 0 radical (unpaired) electrons. The Kier molecular flexibility index (Phi) is 4.02. The molecule has 0 saturated heterocycles. The molecule has 0 aliphatic rings. The van der Waals surface area contributed by atoms with E-state index >= 15 is 0 Å². The highest BCUT2D eigenvalue weighted by Gasteiger charge is 2.17. The summed E-state index contributed by atoms with van der Waals surface area (Å²) in [6.07, 6.45) is 3.45. The topological polar surface area (TPSA) is 53.4 Å². The summed E-state index contributed by atoms with van der Waals surface area (Å²) in [5, 5.41) is 9.48. The Bertz CT molecular complexity index is 587. The second-order valence-electron chi connectivity index (χ2n) is 4.16. The maximum Gasteiger partial charge on any atom is 0.339 e. The van der Waals surface area contributed by atoms with Gasteiger partial charge in [0, 0.05) is 26.0 Å². The van der Waals surface area contributed by atoms with E-state index in [0.29, 0.717) is 12.2 Å². The second kappa shape index (κ2) is 5.71. The number of nitrogens with zero attached hydrogens (tertiary/aromatic N) is 2. The van der Waals surface area contributed by atoms with Gasteiger partial charge in [0.2, 0.25) is 0 Å². The zero-order chi connectivity index (χ0) is 13.8. The van der Waals surface area contributed by atoms with Crippen LogP contribution in [0.25, 0.3) is 0 Å². The third-order valence-corrected chi connectivity index (χ3v) is 3.07. The molecule has 0 aliphatic carbocycles. The Morgan fingerprint density at radius 2 is 2.16 bits per heavy atom. The van der Waals surface area contributed by atoms with Gasteiger partial charge in [-0.05, 0) is 23.8 Å². The largest absolute Gasteiger partial charge is 0.478 e. The second-order valence-corrected chi connectivity index (χ2v) is 4.56. The van der Waals surface area contributed by atoms with E-state index in [1.165, 1.54) is 0 Å². The Balaban J connectivity index is 2.31. The molecule has 0 fully saturated rings. The number of carbonyl (C=O) groups is 1. The number of pyridine rings is 1. The molecule has 0 saturated carbocycles. The van der Waals surface area contributed by atoms with Gasteiger partial charge in [-0.3, -0.25) is 4.98 Å². The Labute approximate surface area is 116 Å². The van der Waals surface area contributed by atoms with Crippen molar-refractivity contribution in [2.45, 2.75) is 6.54 Å². The van der Waals surface area contributed by atoms with Crippen LogP contribution >= 0.6 is 11.6 Å². The van der Waals surface area contributed by atoms with Crippen molar-refractivity contribution in [1.29, 1.82) is 0 Å². The maximum absolute atomic E-state index is 11.3. The third kappa shape index (κ3) is 3.03. The van der Waals surface area contributed by atoms with Crippen molar-refractivity contribution in [3.8, 4) is 0 Å². The van der Waals surface area contributed by atoms with E-state index in [9.17, 15) is 9.90 Å². The van der Waals surface area contributed by atoms with Crippen molar-refractivity contribution in [2.75, 3.05) is 11.9 Å². The molecule has 2 aromatic rings. The number of carboxylic acid groups (broad SMARTS) is 1. The van der Waals surface area contributed by atoms with Crippen LogP contribution in [0.5, 0.6) is 0 Å². The molecule has 0 spiro atoms. The molecule has 0 amide bonds. The summed E-state index contributed by atoms with van der Waals surface area (Å²) in [5.41, 5.74) is 1.71. The molecule has 1 heterocycles. The van der Waals surface area contributed by atoms with Crippen LogP contribution in [0.2, 0.25) is 5.02 Å². The summed E-state index contributed by atoms with van der Waals surface area (Å²) in [4.78, 5) is 17.2. The number of hydrogen-bond donors (Lipinski definition) is 1. The van der Waals surface area contributed by atoms with Crippen molar-refractivity contribution in [1.82, 2.24) is 4.98 Å². The van der Waals surface area contributed by atoms with E-state index in [1.54, 1.807) is 30.6 Å². The van der Waals surface area contributed by atoms with Crippen LogP contribution in [0.1, 0.15) is 15.9 Å². The summed E-state index contributed by atoms with van der Waals surface area (Å²) in [7, 11) is 1.82. The first-order valence-corrected chi connectivity index (χ1v) is 6.09. The van der Waals surface area contributed by atoms with Gasteiger partial charge in [0.05, 0.1) is 10.7 Å². The van der Waals surface area contributed by atoms with Crippen LogP contribution in [0, 0.1) is 0 Å². The normalized spacial score (nSPS) is 10.2. The monoisotopic (exact) mass is 276 g/mol. The van der Waals surface area contributed by atoms with Crippen LogP contribution in [-0.2, 0) is 6.54 Å². The standard InChI is InChI=1S/C14H13ClN2O2/c1-17(9-10-4-3-7-16-8-10)12-6-2-5-11(15)13(12)14(18)19/h2-8H,9H2,1H3,(H,18,19). The van der Waals surface area contributed by atoms with Crippen LogP contribution in [0.3, 0.4) is 0 Å². The fraction of sp³-hybridized carbons (Fsp3) is 0.143. The number of aromatic nitrogens is 1. The van der Waals surface area contributed by atoms with E-state index in [4.69, 9.17) is 11.6 Å². The zero-order valence-corrected chi connectivity index (χ0v) is 11.1.